The second-order valence-corrected chi connectivity index (χ2v) is 8.25. The summed E-state index contributed by atoms with van der Waals surface area (Å²) < 4.78 is 10.9. The summed E-state index contributed by atoms with van der Waals surface area (Å²) in [5.74, 6) is 0.268. The van der Waals surface area contributed by atoms with Gasteiger partial charge in [0.2, 0.25) is 5.89 Å². The van der Waals surface area contributed by atoms with Gasteiger partial charge in [0.1, 0.15) is 5.52 Å². The van der Waals surface area contributed by atoms with Gasteiger partial charge in [-0.1, -0.05) is 24.9 Å². The number of rotatable bonds is 12. The number of aromatic nitrogens is 1. The Balaban J connectivity index is 1.61. The molecule has 9 heteroatoms. The maximum absolute atomic E-state index is 12.4. The van der Waals surface area contributed by atoms with Gasteiger partial charge in [-0.05, 0) is 62.6 Å². The smallest absolute Gasteiger partial charge is 0.319 e. The number of esters is 1. The Kier molecular flexibility index (Phi) is 9.58. The van der Waals surface area contributed by atoms with Crippen LogP contribution in [0, 0.1) is 0 Å². The fraction of sp³-hybridized carbons (Fsp3) is 0.400. The number of unbranched alkanes of at least 4 members (excludes halogenated alkanes) is 2. The summed E-state index contributed by atoms with van der Waals surface area (Å²) in [7, 11) is 0. The third kappa shape index (κ3) is 7.38. The van der Waals surface area contributed by atoms with Gasteiger partial charge in [0.15, 0.2) is 5.58 Å². The zero-order chi connectivity index (χ0) is 24.3. The molecule has 0 aliphatic heterocycles. The first-order chi connectivity index (χ1) is 16.5. The lowest BCUT2D eigenvalue weighted by atomic mass is 10.1. The summed E-state index contributed by atoms with van der Waals surface area (Å²) in [6.07, 6.45) is 3.73. The fourth-order valence-electron chi connectivity index (χ4n) is 3.41. The first kappa shape index (κ1) is 25.4. The first-order valence-electron chi connectivity index (χ1n) is 11.6. The van der Waals surface area contributed by atoms with Crippen molar-refractivity contribution in [2.45, 2.75) is 46.0 Å². The fourth-order valence-corrected chi connectivity index (χ4v) is 3.58. The number of anilines is 2. The van der Waals surface area contributed by atoms with Crippen molar-refractivity contribution in [3.8, 4) is 11.5 Å². The largest absolute Gasteiger partial charge is 0.466 e. The molecule has 0 bridgehead atoms. The van der Waals surface area contributed by atoms with Gasteiger partial charge in [0.05, 0.1) is 12.2 Å². The van der Waals surface area contributed by atoms with Crippen LogP contribution in [-0.4, -0.2) is 36.7 Å². The Bertz CT molecular complexity index is 1120. The monoisotopic (exact) mass is 486 g/mol. The summed E-state index contributed by atoms with van der Waals surface area (Å²) >= 11 is 6.08. The molecular weight excluding hydrogens is 456 g/mol. The molecule has 8 nitrogen and oxygen atoms in total. The topological polar surface area (TPSA) is 105 Å². The van der Waals surface area contributed by atoms with Gasteiger partial charge in [-0.15, -0.1) is 0 Å². The van der Waals surface area contributed by atoms with E-state index in [1.807, 2.05) is 18.2 Å². The number of ether oxygens (including phenoxy) is 1. The average Bonchev–Trinajstić information content (AvgIpc) is 3.23. The van der Waals surface area contributed by atoms with Crippen LogP contribution in [0.5, 0.6) is 0 Å². The number of benzene rings is 2. The van der Waals surface area contributed by atoms with E-state index in [9.17, 15) is 9.59 Å². The van der Waals surface area contributed by atoms with E-state index in [4.69, 9.17) is 20.8 Å². The zero-order valence-electron chi connectivity index (χ0n) is 19.6. The van der Waals surface area contributed by atoms with Crippen LogP contribution in [0.25, 0.3) is 22.6 Å². The summed E-state index contributed by atoms with van der Waals surface area (Å²) in [5, 5.41) is 9.67. The van der Waals surface area contributed by atoms with Crippen LogP contribution >= 0.6 is 11.6 Å². The predicted octanol–water partition coefficient (Wildman–Crippen LogP) is 6.22. The molecule has 0 atom stereocenters. The van der Waals surface area contributed by atoms with E-state index in [1.165, 1.54) is 0 Å². The molecular formula is C25H31ClN4O4. The van der Waals surface area contributed by atoms with Crippen LogP contribution < -0.4 is 16.0 Å². The van der Waals surface area contributed by atoms with Gasteiger partial charge >= 0.3 is 12.0 Å². The van der Waals surface area contributed by atoms with Gasteiger partial charge in [-0.2, -0.15) is 0 Å². The summed E-state index contributed by atoms with van der Waals surface area (Å²) in [6.45, 7) is 5.60. The summed E-state index contributed by atoms with van der Waals surface area (Å²) in [5.41, 5.74) is 3.55. The SMILES string of the molecule is CCCNc1ccc(NC(=O)NCCCCCC(=O)OCC)cc1-c1nc2cc(Cl)ccc2o1. The Hall–Kier alpha value is -3.26. The first-order valence-corrected chi connectivity index (χ1v) is 12.0. The molecule has 0 aliphatic rings. The number of carbonyl (C=O) groups is 2. The highest BCUT2D eigenvalue weighted by Gasteiger charge is 2.15. The van der Waals surface area contributed by atoms with Crippen molar-refractivity contribution in [1.82, 2.24) is 10.3 Å². The molecule has 0 spiro atoms. The number of urea groups is 1. The minimum absolute atomic E-state index is 0.178. The molecule has 1 heterocycles. The summed E-state index contributed by atoms with van der Waals surface area (Å²) in [4.78, 5) is 28.3. The maximum atomic E-state index is 12.4. The van der Waals surface area contributed by atoms with Crippen LogP contribution in [0.1, 0.15) is 46.0 Å². The molecule has 0 saturated heterocycles. The number of hydrogen-bond donors (Lipinski definition) is 3. The number of nitrogens with zero attached hydrogens (tertiary/aromatic N) is 1. The highest BCUT2D eigenvalue weighted by molar-refractivity contribution is 6.31. The van der Waals surface area contributed by atoms with Crippen LogP contribution in [-0.2, 0) is 9.53 Å². The van der Waals surface area contributed by atoms with Crippen molar-refractivity contribution in [2.75, 3.05) is 30.3 Å². The number of carbonyl (C=O) groups excluding carboxylic acids is 2. The zero-order valence-corrected chi connectivity index (χ0v) is 20.3. The number of hydrogen-bond acceptors (Lipinski definition) is 6. The van der Waals surface area contributed by atoms with Crippen molar-refractivity contribution < 1.29 is 18.7 Å². The lowest BCUT2D eigenvalue weighted by molar-refractivity contribution is -0.143. The molecule has 0 radical (unpaired) electrons. The minimum atomic E-state index is -0.296. The van der Waals surface area contributed by atoms with Crippen molar-refractivity contribution in [1.29, 1.82) is 0 Å². The van der Waals surface area contributed by atoms with Gasteiger partial charge in [-0.25, -0.2) is 9.78 Å². The molecule has 2 aromatic carbocycles. The molecule has 0 aliphatic carbocycles. The van der Waals surface area contributed by atoms with E-state index >= 15 is 0 Å². The molecule has 2 amide bonds. The maximum Gasteiger partial charge on any atom is 0.319 e. The Morgan fingerprint density at radius 1 is 1.06 bits per heavy atom. The Labute approximate surface area is 204 Å². The summed E-state index contributed by atoms with van der Waals surface area (Å²) in [6, 6.07) is 10.6. The third-order valence-electron chi connectivity index (χ3n) is 5.07. The van der Waals surface area contributed by atoms with E-state index < -0.39 is 0 Å². The van der Waals surface area contributed by atoms with Crippen LogP contribution in [0.4, 0.5) is 16.2 Å². The van der Waals surface area contributed by atoms with E-state index in [0.29, 0.717) is 47.3 Å². The second kappa shape index (κ2) is 12.8. The number of nitrogens with one attached hydrogen (secondary N) is 3. The van der Waals surface area contributed by atoms with Gasteiger partial charge in [0.25, 0.3) is 0 Å². The molecule has 0 saturated carbocycles. The highest BCUT2D eigenvalue weighted by atomic mass is 35.5. The number of fused-ring (bicyclic) bond motifs is 1. The van der Waals surface area contributed by atoms with E-state index in [0.717, 1.165) is 43.5 Å². The predicted molar refractivity (Wildman–Crippen MR) is 135 cm³/mol. The Morgan fingerprint density at radius 3 is 2.71 bits per heavy atom. The quantitative estimate of drug-likeness (QED) is 0.207. The Morgan fingerprint density at radius 2 is 1.91 bits per heavy atom. The number of halogens is 1. The number of oxazole rings is 1. The average molecular weight is 487 g/mol. The molecule has 0 fully saturated rings. The molecule has 3 rings (SSSR count). The van der Waals surface area contributed by atoms with Crippen LogP contribution in [0.2, 0.25) is 5.02 Å². The minimum Gasteiger partial charge on any atom is -0.466 e. The van der Waals surface area contributed by atoms with Crippen molar-refractivity contribution in [3.63, 3.8) is 0 Å². The molecule has 3 N–H and O–H groups in total. The van der Waals surface area contributed by atoms with Gasteiger partial charge in [0, 0.05) is 35.9 Å². The number of amides is 2. The van der Waals surface area contributed by atoms with Crippen LogP contribution in [0.15, 0.2) is 40.8 Å². The van der Waals surface area contributed by atoms with Crippen molar-refractivity contribution in [3.05, 3.63) is 41.4 Å². The van der Waals surface area contributed by atoms with Gasteiger partial charge < -0.3 is 25.1 Å². The van der Waals surface area contributed by atoms with E-state index in [2.05, 4.69) is 27.9 Å². The second-order valence-electron chi connectivity index (χ2n) is 7.81. The van der Waals surface area contributed by atoms with E-state index in [1.54, 1.807) is 25.1 Å². The van der Waals surface area contributed by atoms with Crippen molar-refractivity contribution >= 4 is 46.1 Å². The molecule has 3 aromatic rings. The molecule has 0 unspecified atom stereocenters. The molecule has 182 valence electrons. The van der Waals surface area contributed by atoms with Crippen LogP contribution in [0.3, 0.4) is 0 Å². The van der Waals surface area contributed by atoms with Gasteiger partial charge in [-0.3, -0.25) is 4.79 Å². The lowest BCUT2D eigenvalue weighted by Gasteiger charge is -2.13. The highest BCUT2D eigenvalue weighted by Crippen LogP contribution is 2.33. The third-order valence-corrected chi connectivity index (χ3v) is 5.31. The standard InChI is InChI=1S/C25H31ClN4O4/c1-3-13-27-20-11-10-18(29-25(32)28-14-7-5-6-8-23(31)33-4-2)16-19(20)24-30-21-15-17(26)9-12-22(21)34-24/h9-12,15-16,27H,3-8,13-14H2,1-2H3,(H2,28,29,32). The van der Waals surface area contributed by atoms with E-state index in [-0.39, 0.29) is 12.0 Å². The molecule has 1 aromatic heterocycles. The molecule has 34 heavy (non-hydrogen) atoms. The normalized spacial score (nSPS) is 10.8. The lowest BCUT2D eigenvalue weighted by Crippen LogP contribution is -2.29. The van der Waals surface area contributed by atoms with Crippen molar-refractivity contribution in [2.24, 2.45) is 0 Å².